The molecule has 11 nitrogen and oxygen atoms in total. The number of nitrogens with one attached hydrogen (secondary N) is 1. The molecule has 8 atom stereocenters. The quantitative estimate of drug-likeness (QED) is 0.0196. The zero-order valence-electron chi connectivity index (χ0n) is 46.2. The van der Waals surface area contributed by atoms with Gasteiger partial charge in [0.2, 0.25) is 5.91 Å². The molecule has 1 rings (SSSR count). The number of aliphatic hydroxyl groups excluding tert-OH is 5. The number of carbonyl (C=O) groups is 2. The summed E-state index contributed by atoms with van der Waals surface area (Å²) in [5, 5.41) is 56.8. The largest absolute Gasteiger partial charge is 0.454 e. The van der Waals surface area contributed by atoms with Crippen molar-refractivity contribution in [2.75, 3.05) is 13.2 Å². The normalized spacial score (nSPS) is 20.2. The Kier molecular flexibility index (Phi) is 45.9. The van der Waals surface area contributed by atoms with Crippen molar-refractivity contribution in [2.24, 2.45) is 0 Å². The molecule has 0 aliphatic carbocycles. The van der Waals surface area contributed by atoms with Gasteiger partial charge in [0.05, 0.1) is 25.4 Å². The van der Waals surface area contributed by atoms with Crippen LogP contribution in [0.5, 0.6) is 0 Å². The van der Waals surface area contributed by atoms with Crippen molar-refractivity contribution in [3.63, 3.8) is 0 Å². The number of allylic oxidation sites excluding steroid dienone is 19. The van der Waals surface area contributed by atoms with Crippen molar-refractivity contribution in [2.45, 2.75) is 250 Å². The van der Waals surface area contributed by atoms with Crippen LogP contribution < -0.4 is 5.32 Å². The lowest BCUT2D eigenvalue weighted by Crippen LogP contribution is -2.61. The van der Waals surface area contributed by atoms with E-state index >= 15 is 0 Å². The summed E-state index contributed by atoms with van der Waals surface area (Å²) < 4.78 is 17.5. The van der Waals surface area contributed by atoms with Gasteiger partial charge < -0.3 is 45.1 Å². The number of amides is 1. The first-order valence-electron chi connectivity index (χ1n) is 28.8. The lowest BCUT2D eigenvalue weighted by Gasteiger charge is -2.41. The van der Waals surface area contributed by atoms with E-state index in [4.69, 9.17) is 14.2 Å². The fourth-order valence-electron chi connectivity index (χ4n) is 8.10. The summed E-state index contributed by atoms with van der Waals surface area (Å²) in [6.07, 6.45) is 58.2. The topological polar surface area (TPSA) is 175 Å². The van der Waals surface area contributed by atoms with E-state index < -0.39 is 67.4 Å². The third kappa shape index (κ3) is 37.7. The van der Waals surface area contributed by atoms with Crippen LogP contribution in [-0.4, -0.2) is 99.6 Å². The van der Waals surface area contributed by atoms with Crippen molar-refractivity contribution in [3.8, 4) is 0 Å². The third-order valence-corrected chi connectivity index (χ3v) is 12.6. The molecule has 0 spiro atoms. The molecule has 8 unspecified atom stereocenters. The van der Waals surface area contributed by atoms with Gasteiger partial charge in [0.25, 0.3) is 0 Å². The fourth-order valence-corrected chi connectivity index (χ4v) is 8.10. The maximum Gasteiger partial charge on any atom is 0.306 e. The highest BCUT2D eigenvalue weighted by Gasteiger charge is 2.47. The van der Waals surface area contributed by atoms with E-state index in [-0.39, 0.29) is 19.4 Å². The van der Waals surface area contributed by atoms with Crippen LogP contribution >= 0.6 is 0 Å². The average molecular weight is 1030 g/mol. The number of hydrogen-bond acceptors (Lipinski definition) is 10. The van der Waals surface area contributed by atoms with Crippen molar-refractivity contribution in [3.05, 3.63) is 122 Å². The molecule has 0 aromatic heterocycles. The number of aliphatic hydroxyl groups is 5. The Morgan fingerprint density at radius 1 is 0.541 bits per heavy atom. The second-order valence-electron chi connectivity index (χ2n) is 19.3. The van der Waals surface area contributed by atoms with Crippen molar-refractivity contribution in [1.29, 1.82) is 0 Å². The molecule has 1 aliphatic rings. The molecule has 0 saturated carbocycles. The highest BCUT2D eigenvalue weighted by molar-refractivity contribution is 5.80. The summed E-state index contributed by atoms with van der Waals surface area (Å²) >= 11 is 0. The minimum Gasteiger partial charge on any atom is -0.454 e. The molecule has 1 aliphatic heterocycles. The van der Waals surface area contributed by atoms with Gasteiger partial charge in [-0.1, -0.05) is 219 Å². The van der Waals surface area contributed by atoms with Gasteiger partial charge in [-0.05, 0) is 96.3 Å². The Labute approximate surface area is 449 Å². The molecule has 1 amide bonds. The van der Waals surface area contributed by atoms with Crippen LogP contribution in [0.2, 0.25) is 0 Å². The van der Waals surface area contributed by atoms with Gasteiger partial charge in [-0.3, -0.25) is 9.59 Å². The van der Waals surface area contributed by atoms with Crippen LogP contribution in [0.3, 0.4) is 0 Å². The molecule has 74 heavy (non-hydrogen) atoms. The molecule has 11 heteroatoms. The summed E-state index contributed by atoms with van der Waals surface area (Å²) in [4.78, 5) is 26.4. The minimum absolute atomic E-state index is 0.0113. The molecular formula is C63H103NO10. The first-order chi connectivity index (χ1) is 36.2. The van der Waals surface area contributed by atoms with Crippen LogP contribution in [0, 0.1) is 0 Å². The van der Waals surface area contributed by atoms with E-state index in [1.54, 1.807) is 6.08 Å². The van der Waals surface area contributed by atoms with Crippen LogP contribution in [0.4, 0.5) is 0 Å². The van der Waals surface area contributed by atoms with Crippen molar-refractivity contribution < 1.29 is 49.3 Å². The highest BCUT2D eigenvalue weighted by Crippen LogP contribution is 2.26. The van der Waals surface area contributed by atoms with Gasteiger partial charge in [0.1, 0.15) is 24.4 Å². The van der Waals surface area contributed by atoms with E-state index in [1.807, 2.05) is 18.2 Å². The SMILES string of the molecule is CC/C=C\C/C=C\C/C=C\C/C=C\C/C=C\C/C=C\CCC(=O)OC1C(OCC(NC(=O)C(O)CCCCC/C=C/C/C=C/C/C=C/CC)C(O)/C=C/CCCCCCCCCCCCC)OC(CO)C(O)C1O. The van der Waals surface area contributed by atoms with Gasteiger partial charge in [-0.25, -0.2) is 0 Å². The summed E-state index contributed by atoms with van der Waals surface area (Å²) in [7, 11) is 0. The lowest BCUT2D eigenvalue weighted by molar-refractivity contribution is -0.305. The van der Waals surface area contributed by atoms with Crippen LogP contribution in [-0.2, 0) is 23.8 Å². The number of unbranched alkanes of at least 4 members (excludes halogenated alkanes) is 14. The van der Waals surface area contributed by atoms with E-state index in [0.29, 0.717) is 19.3 Å². The van der Waals surface area contributed by atoms with Crippen LogP contribution in [0.25, 0.3) is 0 Å². The molecule has 1 heterocycles. The maximum atomic E-state index is 13.4. The highest BCUT2D eigenvalue weighted by atomic mass is 16.7. The summed E-state index contributed by atoms with van der Waals surface area (Å²) in [5.74, 6) is -1.32. The lowest BCUT2D eigenvalue weighted by atomic mass is 9.99. The minimum atomic E-state index is -1.66. The standard InChI is InChI=1S/C63H103NO10/c1-4-7-10-13-16-19-22-25-26-27-28-29-30-33-36-39-42-45-48-51-58(68)74-61-60(70)59(69)57(52-65)73-63(61)72-53-54(55(66)49-46-43-40-37-34-31-23-20-17-14-11-8-5-2)64-62(71)56(67)50-47-44-41-38-35-32-24-21-18-15-12-9-6-3/h7,9-10,12,16,18-19,21,25-26,28-29,32-33,35-36,42,45-46,49,54-57,59-61,63,65-67,69-70H,4-6,8,11,13-15,17,20,22-24,27,30-31,34,37-41,43-44,47-48,50-53H2,1-3H3,(H,64,71)/b10-7-,12-9+,19-16-,21-18+,26-25-,29-28-,35-32+,36-33-,45-42-,49-46+. The maximum absolute atomic E-state index is 13.4. The van der Waals surface area contributed by atoms with Gasteiger partial charge >= 0.3 is 5.97 Å². The Hall–Kier alpha value is -3.94. The second kappa shape index (κ2) is 49.9. The molecule has 0 aromatic carbocycles. The zero-order chi connectivity index (χ0) is 54.0. The average Bonchev–Trinajstić information content (AvgIpc) is 3.40. The molecule has 1 saturated heterocycles. The molecule has 0 aromatic rings. The van der Waals surface area contributed by atoms with Crippen LogP contribution in [0.1, 0.15) is 201 Å². The predicted octanol–water partition coefficient (Wildman–Crippen LogP) is 13.1. The number of esters is 1. The van der Waals surface area contributed by atoms with E-state index in [9.17, 15) is 35.1 Å². The smallest absolute Gasteiger partial charge is 0.306 e. The van der Waals surface area contributed by atoms with E-state index in [1.165, 1.54) is 51.4 Å². The summed E-state index contributed by atoms with van der Waals surface area (Å²) in [5.41, 5.74) is 0. The molecule has 0 bridgehead atoms. The summed E-state index contributed by atoms with van der Waals surface area (Å²) in [6, 6.07) is -1.06. The molecular weight excluding hydrogens is 931 g/mol. The van der Waals surface area contributed by atoms with Gasteiger partial charge in [0, 0.05) is 6.42 Å². The molecule has 6 N–H and O–H groups in total. The Balaban J connectivity index is 2.80. The fraction of sp³-hybridized carbons (Fsp3) is 0.651. The molecule has 0 radical (unpaired) electrons. The van der Waals surface area contributed by atoms with Gasteiger partial charge in [-0.2, -0.15) is 0 Å². The Bertz CT molecular complexity index is 1660. The number of ether oxygens (including phenoxy) is 3. The first kappa shape index (κ1) is 68.1. The summed E-state index contributed by atoms with van der Waals surface area (Å²) in [6.45, 7) is 5.48. The number of carbonyl (C=O) groups excluding carboxylic acids is 2. The Morgan fingerprint density at radius 2 is 0.973 bits per heavy atom. The third-order valence-electron chi connectivity index (χ3n) is 12.6. The van der Waals surface area contributed by atoms with E-state index in [0.717, 1.165) is 96.3 Å². The number of rotatable bonds is 46. The molecule has 420 valence electrons. The predicted molar refractivity (Wildman–Crippen MR) is 305 cm³/mol. The van der Waals surface area contributed by atoms with Crippen molar-refractivity contribution >= 4 is 11.9 Å². The molecule has 1 fully saturated rings. The zero-order valence-corrected chi connectivity index (χ0v) is 46.2. The van der Waals surface area contributed by atoms with E-state index in [2.05, 4.69) is 123 Å². The van der Waals surface area contributed by atoms with Crippen LogP contribution in [0.15, 0.2) is 122 Å². The van der Waals surface area contributed by atoms with Gasteiger partial charge in [0.15, 0.2) is 12.4 Å². The van der Waals surface area contributed by atoms with Gasteiger partial charge in [-0.15, -0.1) is 0 Å². The van der Waals surface area contributed by atoms with Crippen molar-refractivity contribution in [1.82, 2.24) is 5.32 Å². The second-order valence-corrected chi connectivity index (χ2v) is 19.3. The Morgan fingerprint density at radius 3 is 1.46 bits per heavy atom. The first-order valence-corrected chi connectivity index (χ1v) is 28.8. The monoisotopic (exact) mass is 1030 g/mol. The number of hydrogen-bond donors (Lipinski definition) is 6.